The normalized spacial score (nSPS) is 13.8. The Bertz CT molecular complexity index is 257. The highest BCUT2D eigenvalue weighted by molar-refractivity contribution is 5.67. The fourth-order valence-corrected chi connectivity index (χ4v) is 0.936. The number of aliphatic hydroxyl groups excluding tert-OH is 1. The minimum atomic E-state index is -0.895. The molecule has 0 aromatic rings. The van der Waals surface area contributed by atoms with Gasteiger partial charge in [0.1, 0.15) is 5.76 Å². The average molecular weight is 166 g/mol. The summed E-state index contributed by atoms with van der Waals surface area (Å²) in [6.45, 7) is 0. The van der Waals surface area contributed by atoms with Gasteiger partial charge < -0.3 is 10.2 Å². The van der Waals surface area contributed by atoms with E-state index in [0.29, 0.717) is 5.57 Å². The second-order valence-electron chi connectivity index (χ2n) is 2.51. The van der Waals surface area contributed by atoms with Gasteiger partial charge in [0.05, 0.1) is 6.42 Å². The van der Waals surface area contributed by atoms with E-state index in [1.165, 1.54) is 0 Å². The Kier molecular flexibility index (Phi) is 2.69. The second-order valence-corrected chi connectivity index (χ2v) is 2.51. The summed E-state index contributed by atoms with van der Waals surface area (Å²) in [6, 6.07) is 0. The highest BCUT2D eigenvalue weighted by Gasteiger charge is 2.04. The number of rotatable bonds is 3. The van der Waals surface area contributed by atoms with Crippen LogP contribution in [0.1, 0.15) is 12.8 Å². The first kappa shape index (κ1) is 8.59. The molecule has 1 rings (SSSR count). The summed E-state index contributed by atoms with van der Waals surface area (Å²) >= 11 is 0. The number of carboxylic acids is 1. The van der Waals surface area contributed by atoms with Crippen molar-refractivity contribution in [3.05, 3.63) is 35.6 Å². The summed E-state index contributed by atoms with van der Waals surface area (Å²) in [7, 11) is 0. The fraction of sp³-hybridized carbons (Fsp3) is 0.222. The quantitative estimate of drug-likeness (QED) is 0.628. The number of carboxylic acid groups (broad SMARTS) is 1. The van der Waals surface area contributed by atoms with Crippen molar-refractivity contribution in [1.82, 2.24) is 0 Å². The summed E-state index contributed by atoms with van der Waals surface area (Å²) < 4.78 is 0. The predicted molar refractivity (Wildman–Crippen MR) is 44.8 cm³/mol. The lowest BCUT2D eigenvalue weighted by atomic mass is 10.2. The Morgan fingerprint density at radius 1 is 1.17 bits per heavy atom. The molecule has 0 spiro atoms. The maximum absolute atomic E-state index is 10.1. The van der Waals surface area contributed by atoms with Crippen LogP contribution in [0.2, 0.25) is 0 Å². The molecule has 0 saturated carbocycles. The standard InChI is InChI=1S/C9H10O3/c10-8(5-6-9(11)12)7-3-1-2-4-7/h1-4,10H,5-6H2,(H,11,12). The van der Waals surface area contributed by atoms with Crippen LogP contribution < -0.4 is 0 Å². The molecule has 0 saturated heterocycles. The zero-order valence-electron chi connectivity index (χ0n) is 6.53. The van der Waals surface area contributed by atoms with Gasteiger partial charge >= 0.3 is 5.97 Å². The van der Waals surface area contributed by atoms with E-state index < -0.39 is 5.97 Å². The minimum Gasteiger partial charge on any atom is -0.512 e. The zero-order chi connectivity index (χ0) is 8.97. The third-order valence-corrected chi connectivity index (χ3v) is 1.57. The van der Waals surface area contributed by atoms with Crippen LogP contribution in [0.5, 0.6) is 0 Å². The third kappa shape index (κ3) is 2.27. The van der Waals surface area contributed by atoms with Crippen molar-refractivity contribution < 1.29 is 15.0 Å². The number of carbonyl (C=O) groups is 1. The topological polar surface area (TPSA) is 57.5 Å². The molecular weight excluding hydrogens is 156 g/mol. The van der Waals surface area contributed by atoms with E-state index in [4.69, 9.17) is 5.11 Å². The molecular formula is C9H10O3. The molecule has 64 valence electrons. The van der Waals surface area contributed by atoms with Gasteiger partial charge in [0.15, 0.2) is 0 Å². The Balaban J connectivity index is 2.52. The van der Waals surface area contributed by atoms with Gasteiger partial charge in [-0.1, -0.05) is 24.3 Å². The summed E-state index contributed by atoms with van der Waals surface area (Å²) in [6.07, 6.45) is 7.25. The van der Waals surface area contributed by atoms with E-state index in [-0.39, 0.29) is 18.6 Å². The number of allylic oxidation sites excluding steroid dienone is 6. The lowest BCUT2D eigenvalue weighted by Crippen LogP contribution is -1.96. The van der Waals surface area contributed by atoms with E-state index in [1.54, 1.807) is 24.3 Å². The molecule has 0 aromatic carbocycles. The van der Waals surface area contributed by atoms with E-state index in [1.807, 2.05) is 0 Å². The minimum absolute atomic E-state index is 0.0307. The number of aliphatic carboxylic acids is 1. The lowest BCUT2D eigenvalue weighted by Gasteiger charge is -1.98. The Labute approximate surface area is 70.3 Å². The zero-order valence-corrected chi connectivity index (χ0v) is 6.53. The van der Waals surface area contributed by atoms with Gasteiger partial charge in [-0.15, -0.1) is 0 Å². The van der Waals surface area contributed by atoms with Crippen LogP contribution in [0.3, 0.4) is 0 Å². The lowest BCUT2D eigenvalue weighted by molar-refractivity contribution is -0.137. The molecule has 0 fully saturated rings. The van der Waals surface area contributed by atoms with Crippen LogP contribution in [-0.4, -0.2) is 16.2 Å². The van der Waals surface area contributed by atoms with Crippen LogP contribution in [-0.2, 0) is 4.79 Å². The molecule has 0 amide bonds. The molecule has 0 bridgehead atoms. The maximum Gasteiger partial charge on any atom is 0.303 e. The van der Waals surface area contributed by atoms with Crippen molar-refractivity contribution in [3.63, 3.8) is 0 Å². The molecule has 0 heterocycles. The maximum atomic E-state index is 10.1. The Morgan fingerprint density at radius 2 is 1.75 bits per heavy atom. The fourth-order valence-electron chi connectivity index (χ4n) is 0.936. The third-order valence-electron chi connectivity index (χ3n) is 1.57. The predicted octanol–water partition coefficient (Wildman–Crippen LogP) is 1.79. The van der Waals surface area contributed by atoms with E-state index in [9.17, 15) is 9.90 Å². The highest BCUT2D eigenvalue weighted by Crippen LogP contribution is 2.14. The van der Waals surface area contributed by atoms with Crippen LogP contribution in [0, 0.1) is 0 Å². The monoisotopic (exact) mass is 166 g/mol. The molecule has 0 aromatic heterocycles. The Morgan fingerprint density at radius 3 is 2.25 bits per heavy atom. The molecule has 3 heteroatoms. The number of hydrogen-bond donors (Lipinski definition) is 2. The number of hydrogen-bond acceptors (Lipinski definition) is 2. The van der Waals surface area contributed by atoms with Gasteiger partial charge in [0.2, 0.25) is 0 Å². The largest absolute Gasteiger partial charge is 0.512 e. The van der Waals surface area contributed by atoms with Gasteiger partial charge in [0, 0.05) is 12.0 Å². The van der Waals surface area contributed by atoms with Gasteiger partial charge in [-0.3, -0.25) is 4.79 Å². The van der Waals surface area contributed by atoms with Gasteiger partial charge in [0.25, 0.3) is 0 Å². The van der Waals surface area contributed by atoms with Crippen molar-refractivity contribution in [2.24, 2.45) is 0 Å². The van der Waals surface area contributed by atoms with Gasteiger partial charge in [-0.05, 0) is 0 Å². The van der Waals surface area contributed by atoms with Crippen molar-refractivity contribution in [2.75, 3.05) is 0 Å². The molecule has 0 atom stereocenters. The van der Waals surface area contributed by atoms with Crippen molar-refractivity contribution >= 4 is 5.97 Å². The first-order chi connectivity index (χ1) is 5.70. The molecule has 2 N–H and O–H groups in total. The molecule has 0 aliphatic heterocycles. The van der Waals surface area contributed by atoms with E-state index >= 15 is 0 Å². The SMILES string of the molecule is O=C(O)CCC(O)=C1C=CC=C1. The van der Waals surface area contributed by atoms with Crippen LogP contribution in [0.15, 0.2) is 35.6 Å². The summed E-state index contributed by atoms with van der Waals surface area (Å²) in [5.74, 6) is -0.754. The smallest absolute Gasteiger partial charge is 0.303 e. The average Bonchev–Trinajstić information content (AvgIpc) is 2.51. The Hall–Kier alpha value is -1.51. The second kappa shape index (κ2) is 3.76. The molecule has 12 heavy (non-hydrogen) atoms. The van der Waals surface area contributed by atoms with Gasteiger partial charge in [-0.25, -0.2) is 0 Å². The van der Waals surface area contributed by atoms with Crippen LogP contribution >= 0.6 is 0 Å². The molecule has 0 unspecified atom stereocenters. The van der Waals surface area contributed by atoms with Crippen molar-refractivity contribution in [2.45, 2.75) is 12.8 Å². The number of aliphatic hydroxyl groups is 1. The summed E-state index contributed by atoms with van der Waals surface area (Å²) in [4.78, 5) is 10.1. The molecule has 1 aliphatic rings. The molecule has 1 aliphatic carbocycles. The van der Waals surface area contributed by atoms with Crippen LogP contribution in [0.4, 0.5) is 0 Å². The first-order valence-electron chi connectivity index (χ1n) is 3.69. The van der Waals surface area contributed by atoms with Crippen LogP contribution in [0.25, 0.3) is 0 Å². The highest BCUT2D eigenvalue weighted by atomic mass is 16.4. The summed E-state index contributed by atoms with van der Waals surface area (Å²) in [5, 5.41) is 17.6. The van der Waals surface area contributed by atoms with Crippen molar-refractivity contribution in [3.8, 4) is 0 Å². The molecule has 0 radical (unpaired) electrons. The van der Waals surface area contributed by atoms with E-state index in [0.717, 1.165) is 0 Å². The molecule has 3 nitrogen and oxygen atoms in total. The summed E-state index contributed by atoms with van der Waals surface area (Å²) in [5.41, 5.74) is 0.705. The van der Waals surface area contributed by atoms with Crippen molar-refractivity contribution in [1.29, 1.82) is 0 Å². The first-order valence-corrected chi connectivity index (χ1v) is 3.69. The van der Waals surface area contributed by atoms with E-state index in [2.05, 4.69) is 0 Å². The van der Waals surface area contributed by atoms with Gasteiger partial charge in [-0.2, -0.15) is 0 Å².